The SMILES string of the molecule is C[C@H]1CN(CC2CCN(CC(=O)Nc3cccc(I)c3)CC2)C[C@H](C)O1. The molecule has 144 valence electrons. The highest BCUT2D eigenvalue weighted by molar-refractivity contribution is 14.1. The van der Waals surface area contributed by atoms with Gasteiger partial charge in [0.05, 0.1) is 18.8 Å². The second-order valence-electron chi connectivity index (χ2n) is 7.75. The van der Waals surface area contributed by atoms with Crippen LogP contribution in [-0.4, -0.2) is 67.2 Å². The maximum absolute atomic E-state index is 12.3. The predicted molar refractivity (Wildman–Crippen MR) is 113 cm³/mol. The molecule has 26 heavy (non-hydrogen) atoms. The summed E-state index contributed by atoms with van der Waals surface area (Å²) in [6, 6.07) is 7.93. The van der Waals surface area contributed by atoms with Crippen molar-refractivity contribution in [1.29, 1.82) is 0 Å². The van der Waals surface area contributed by atoms with Crippen LogP contribution in [0.15, 0.2) is 24.3 Å². The standard InChI is InChI=1S/C20H30IN3O2/c1-15-11-24(12-16(2)26-15)13-17-6-8-23(9-7-17)14-20(25)22-19-5-3-4-18(21)10-19/h3-5,10,15-17H,6-9,11-14H2,1-2H3,(H,22,25)/t15-,16-/m0/s1. The molecule has 0 radical (unpaired) electrons. The van der Waals surface area contributed by atoms with E-state index in [2.05, 4.69) is 51.6 Å². The van der Waals surface area contributed by atoms with Gasteiger partial charge in [0, 0.05) is 28.9 Å². The summed E-state index contributed by atoms with van der Waals surface area (Å²) < 4.78 is 6.96. The lowest BCUT2D eigenvalue weighted by atomic mass is 9.95. The Hall–Kier alpha value is -0.700. The van der Waals surface area contributed by atoms with Gasteiger partial charge in [0.2, 0.25) is 5.91 Å². The summed E-state index contributed by atoms with van der Waals surface area (Å²) in [5.41, 5.74) is 0.882. The summed E-state index contributed by atoms with van der Waals surface area (Å²) in [7, 11) is 0. The van der Waals surface area contributed by atoms with Crippen LogP contribution in [0, 0.1) is 9.49 Å². The van der Waals surface area contributed by atoms with E-state index in [-0.39, 0.29) is 5.91 Å². The Morgan fingerprint density at radius 1 is 1.19 bits per heavy atom. The van der Waals surface area contributed by atoms with E-state index in [0.717, 1.165) is 41.4 Å². The lowest BCUT2D eigenvalue weighted by Gasteiger charge is -2.39. The van der Waals surface area contributed by atoms with Crippen LogP contribution in [-0.2, 0) is 9.53 Å². The van der Waals surface area contributed by atoms with Gasteiger partial charge in [-0.2, -0.15) is 0 Å². The summed E-state index contributed by atoms with van der Waals surface area (Å²) in [5.74, 6) is 0.823. The van der Waals surface area contributed by atoms with E-state index < -0.39 is 0 Å². The zero-order chi connectivity index (χ0) is 18.5. The van der Waals surface area contributed by atoms with E-state index in [4.69, 9.17) is 4.74 Å². The van der Waals surface area contributed by atoms with E-state index >= 15 is 0 Å². The number of morpholine rings is 1. The fraction of sp³-hybridized carbons (Fsp3) is 0.650. The van der Waals surface area contributed by atoms with Gasteiger partial charge in [-0.1, -0.05) is 6.07 Å². The number of ether oxygens (including phenoxy) is 1. The fourth-order valence-electron chi connectivity index (χ4n) is 4.10. The van der Waals surface area contributed by atoms with Crippen molar-refractivity contribution in [2.24, 2.45) is 5.92 Å². The number of amides is 1. The third-order valence-corrected chi connectivity index (χ3v) is 5.87. The average molecular weight is 471 g/mol. The van der Waals surface area contributed by atoms with Crippen LogP contribution < -0.4 is 5.32 Å². The summed E-state index contributed by atoms with van der Waals surface area (Å²) in [4.78, 5) is 17.1. The Morgan fingerprint density at radius 3 is 2.54 bits per heavy atom. The smallest absolute Gasteiger partial charge is 0.238 e. The molecule has 3 rings (SSSR count). The number of nitrogens with zero attached hydrogens (tertiary/aromatic N) is 2. The molecular formula is C20H30IN3O2. The van der Waals surface area contributed by atoms with Crippen LogP contribution in [0.5, 0.6) is 0 Å². The normalized spacial score (nSPS) is 26.0. The Kier molecular flexibility index (Phi) is 7.31. The second-order valence-corrected chi connectivity index (χ2v) is 9.00. The van der Waals surface area contributed by atoms with Gasteiger partial charge in [0.1, 0.15) is 0 Å². The minimum absolute atomic E-state index is 0.0845. The van der Waals surface area contributed by atoms with Gasteiger partial charge in [0.15, 0.2) is 0 Å². The molecule has 2 saturated heterocycles. The van der Waals surface area contributed by atoms with E-state index in [0.29, 0.717) is 18.8 Å². The number of benzene rings is 1. The molecule has 2 heterocycles. The first-order chi connectivity index (χ1) is 12.5. The molecule has 2 fully saturated rings. The first-order valence-electron chi connectivity index (χ1n) is 9.63. The molecule has 0 unspecified atom stereocenters. The number of anilines is 1. The number of hydrogen-bond acceptors (Lipinski definition) is 4. The van der Waals surface area contributed by atoms with Crippen LogP contribution in [0.4, 0.5) is 5.69 Å². The molecule has 1 aromatic rings. The molecule has 1 aromatic carbocycles. The number of nitrogens with one attached hydrogen (secondary N) is 1. The largest absolute Gasteiger partial charge is 0.373 e. The highest BCUT2D eigenvalue weighted by Gasteiger charge is 2.27. The molecule has 0 aliphatic carbocycles. The zero-order valence-corrected chi connectivity index (χ0v) is 17.9. The van der Waals surface area contributed by atoms with Crippen LogP contribution in [0.1, 0.15) is 26.7 Å². The molecule has 2 aliphatic heterocycles. The van der Waals surface area contributed by atoms with Gasteiger partial charge in [-0.3, -0.25) is 14.6 Å². The fourth-order valence-corrected chi connectivity index (χ4v) is 4.64. The van der Waals surface area contributed by atoms with Gasteiger partial charge in [-0.25, -0.2) is 0 Å². The monoisotopic (exact) mass is 471 g/mol. The number of halogens is 1. The van der Waals surface area contributed by atoms with Crippen molar-refractivity contribution < 1.29 is 9.53 Å². The third-order valence-electron chi connectivity index (χ3n) is 5.19. The highest BCUT2D eigenvalue weighted by Crippen LogP contribution is 2.21. The molecule has 1 N–H and O–H groups in total. The maximum Gasteiger partial charge on any atom is 0.238 e. The van der Waals surface area contributed by atoms with Crippen LogP contribution >= 0.6 is 22.6 Å². The van der Waals surface area contributed by atoms with Crippen molar-refractivity contribution in [3.05, 3.63) is 27.8 Å². The first-order valence-corrected chi connectivity index (χ1v) is 10.7. The van der Waals surface area contributed by atoms with Crippen molar-refractivity contribution in [1.82, 2.24) is 9.80 Å². The van der Waals surface area contributed by atoms with Crippen LogP contribution in [0.3, 0.4) is 0 Å². The summed E-state index contributed by atoms with van der Waals surface area (Å²) in [5, 5.41) is 3.01. The average Bonchev–Trinajstić information content (AvgIpc) is 2.55. The van der Waals surface area contributed by atoms with Crippen molar-refractivity contribution in [3.63, 3.8) is 0 Å². The Bertz CT molecular complexity index is 594. The molecule has 1 amide bonds. The summed E-state index contributed by atoms with van der Waals surface area (Å²) >= 11 is 2.26. The van der Waals surface area contributed by atoms with Gasteiger partial charge in [-0.15, -0.1) is 0 Å². The van der Waals surface area contributed by atoms with E-state index in [1.54, 1.807) is 0 Å². The summed E-state index contributed by atoms with van der Waals surface area (Å²) in [6.45, 7) is 10.1. The Labute approximate surface area is 170 Å². The molecule has 0 saturated carbocycles. The van der Waals surface area contributed by atoms with E-state index in [1.807, 2.05) is 24.3 Å². The minimum Gasteiger partial charge on any atom is -0.373 e. The minimum atomic E-state index is 0.0845. The zero-order valence-electron chi connectivity index (χ0n) is 15.8. The summed E-state index contributed by atoms with van der Waals surface area (Å²) in [6.07, 6.45) is 3.03. The number of piperidine rings is 1. The Morgan fingerprint density at radius 2 is 1.88 bits per heavy atom. The predicted octanol–water partition coefficient (Wildman–Crippen LogP) is 3.05. The molecule has 5 nitrogen and oxygen atoms in total. The highest BCUT2D eigenvalue weighted by atomic mass is 127. The lowest BCUT2D eigenvalue weighted by molar-refractivity contribution is -0.117. The number of likely N-dealkylation sites (tertiary alicyclic amines) is 1. The molecule has 0 bridgehead atoms. The third kappa shape index (κ3) is 6.18. The van der Waals surface area contributed by atoms with E-state index in [9.17, 15) is 4.79 Å². The quantitative estimate of drug-likeness (QED) is 0.671. The molecule has 0 aromatic heterocycles. The first kappa shape index (κ1) is 20.0. The van der Waals surface area contributed by atoms with Gasteiger partial charge >= 0.3 is 0 Å². The molecule has 0 spiro atoms. The van der Waals surface area contributed by atoms with Crippen molar-refractivity contribution in [2.45, 2.75) is 38.9 Å². The lowest BCUT2D eigenvalue weighted by Crippen LogP contribution is -2.48. The molecule has 2 atom stereocenters. The van der Waals surface area contributed by atoms with E-state index in [1.165, 1.54) is 19.4 Å². The van der Waals surface area contributed by atoms with Crippen molar-refractivity contribution in [3.8, 4) is 0 Å². The number of rotatable bonds is 5. The number of carbonyl (C=O) groups is 1. The maximum atomic E-state index is 12.3. The van der Waals surface area contributed by atoms with Crippen molar-refractivity contribution in [2.75, 3.05) is 44.6 Å². The van der Waals surface area contributed by atoms with Gasteiger partial charge < -0.3 is 10.1 Å². The van der Waals surface area contributed by atoms with Crippen molar-refractivity contribution >= 4 is 34.2 Å². The molecular weight excluding hydrogens is 441 g/mol. The second kappa shape index (κ2) is 9.48. The number of hydrogen-bond donors (Lipinski definition) is 1. The van der Waals surface area contributed by atoms with Crippen LogP contribution in [0.25, 0.3) is 0 Å². The Balaban J connectivity index is 1.39. The van der Waals surface area contributed by atoms with Gasteiger partial charge in [0.25, 0.3) is 0 Å². The molecule has 2 aliphatic rings. The number of carbonyl (C=O) groups excluding carboxylic acids is 1. The molecule has 6 heteroatoms. The van der Waals surface area contributed by atoms with Gasteiger partial charge in [-0.05, 0) is 86.5 Å². The van der Waals surface area contributed by atoms with Crippen LogP contribution in [0.2, 0.25) is 0 Å². The topological polar surface area (TPSA) is 44.8 Å².